The minimum Gasteiger partial charge on any atom is -0.477 e. The van der Waals surface area contributed by atoms with E-state index < -0.39 is 11.5 Å². The number of aliphatic carboxylic acids is 1. The molecule has 7 rings (SSSR count). The van der Waals surface area contributed by atoms with E-state index in [1.807, 2.05) is 60.7 Å². The number of carboxylic acid groups (broad SMARTS) is 1. The first-order valence-electron chi connectivity index (χ1n) is 17.0. The van der Waals surface area contributed by atoms with Crippen molar-refractivity contribution in [3.8, 4) is 40.0 Å². The van der Waals surface area contributed by atoms with Crippen molar-refractivity contribution in [3.63, 3.8) is 0 Å². The summed E-state index contributed by atoms with van der Waals surface area (Å²) >= 11 is 0. The molecule has 3 heterocycles. The summed E-state index contributed by atoms with van der Waals surface area (Å²) in [6, 6.07) is 41.7. The Bertz CT molecular complexity index is 2310. The Morgan fingerprint density at radius 2 is 1.29 bits per heavy atom. The molecular weight excluding hydrogens is 638 g/mol. The summed E-state index contributed by atoms with van der Waals surface area (Å²) in [6.07, 6.45) is 5.53. The minimum absolute atomic E-state index is 0.255. The van der Waals surface area contributed by atoms with Gasteiger partial charge < -0.3 is 18.8 Å². The summed E-state index contributed by atoms with van der Waals surface area (Å²) in [5.74, 6) is 0.801. The number of carboxylic acids is 1. The van der Waals surface area contributed by atoms with Gasteiger partial charge in [-0.05, 0) is 91.3 Å². The minimum atomic E-state index is -1.32. The molecule has 0 saturated carbocycles. The van der Waals surface area contributed by atoms with Crippen molar-refractivity contribution in [1.82, 2.24) is 15.0 Å². The molecule has 0 unspecified atom stereocenters. The average Bonchev–Trinajstić information content (AvgIpc) is 3.94. The number of hydrogen-bond donors (Lipinski definition) is 1. The maximum atomic E-state index is 11.4. The van der Waals surface area contributed by atoms with Gasteiger partial charge in [0, 0.05) is 39.8 Å². The van der Waals surface area contributed by atoms with Crippen LogP contribution in [0.25, 0.3) is 51.1 Å². The van der Waals surface area contributed by atoms with Crippen LogP contribution in [0.2, 0.25) is 0 Å². The largest absolute Gasteiger partial charge is 0.477 e. The van der Waals surface area contributed by atoms with E-state index in [2.05, 4.69) is 60.4 Å². The molecule has 9 heteroatoms. The molecular formula is C42H35N5O4. The molecule has 0 aliphatic rings. The van der Waals surface area contributed by atoms with E-state index in [9.17, 15) is 15.2 Å². The number of nitriles is 1. The third-order valence-corrected chi connectivity index (χ3v) is 8.63. The second kappa shape index (κ2) is 14.8. The Hall–Kier alpha value is -6.66. The van der Waals surface area contributed by atoms with Gasteiger partial charge >= 0.3 is 5.97 Å². The summed E-state index contributed by atoms with van der Waals surface area (Å²) in [7, 11) is 0. The predicted molar refractivity (Wildman–Crippen MR) is 198 cm³/mol. The molecule has 0 saturated heterocycles. The topological polar surface area (TPSA) is 121 Å². The number of hydrogen-bond acceptors (Lipinski definition) is 7. The smallest absolute Gasteiger partial charge is 0.346 e. The van der Waals surface area contributed by atoms with Gasteiger partial charge in [0.1, 0.15) is 45.7 Å². The second-order valence-corrected chi connectivity index (χ2v) is 12.1. The van der Waals surface area contributed by atoms with Crippen molar-refractivity contribution < 1.29 is 18.7 Å². The number of unbranched alkanes of at least 4 members (excludes halogenated alkanes) is 3. The first-order valence-corrected chi connectivity index (χ1v) is 17.0. The van der Waals surface area contributed by atoms with Crippen molar-refractivity contribution in [2.45, 2.75) is 39.2 Å². The van der Waals surface area contributed by atoms with Crippen LogP contribution in [0.5, 0.6) is 0 Å². The summed E-state index contributed by atoms with van der Waals surface area (Å²) in [6.45, 7) is 2.85. The van der Waals surface area contributed by atoms with E-state index in [4.69, 9.17) is 19.0 Å². The van der Waals surface area contributed by atoms with E-state index in [0.717, 1.165) is 59.6 Å². The van der Waals surface area contributed by atoms with E-state index in [0.29, 0.717) is 34.7 Å². The van der Waals surface area contributed by atoms with Crippen LogP contribution < -0.4 is 4.90 Å². The Morgan fingerprint density at radius 3 is 1.88 bits per heavy atom. The van der Waals surface area contributed by atoms with Crippen LogP contribution in [0, 0.1) is 11.3 Å². The van der Waals surface area contributed by atoms with E-state index in [-0.39, 0.29) is 5.76 Å². The Morgan fingerprint density at radius 1 is 0.725 bits per heavy atom. The molecule has 0 spiro atoms. The van der Waals surface area contributed by atoms with Gasteiger partial charge in [0.25, 0.3) is 0 Å². The third kappa shape index (κ3) is 7.07. The van der Waals surface area contributed by atoms with E-state index >= 15 is 0 Å². The molecule has 0 amide bonds. The highest BCUT2D eigenvalue weighted by Gasteiger charge is 2.20. The maximum absolute atomic E-state index is 11.4. The van der Waals surface area contributed by atoms with Crippen molar-refractivity contribution in [2.75, 3.05) is 4.90 Å². The van der Waals surface area contributed by atoms with Crippen molar-refractivity contribution in [3.05, 3.63) is 133 Å². The molecule has 0 bridgehead atoms. The fourth-order valence-corrected chi connectivity index (χ4v) is 6.09. The number of furan rings is 2. The lowest BCUT2D eigenvalue weighted by molar-refractivity contribution is -0.132. The maximum Gasteiger partial charge on any atom is 0.346 e. The first-order chi connectivity index (χ1) is 25.0. The third-order valence-electron chi connectivity index (χ3n) is 8.63. The SMILES string of the molecule is CCCCCCn1nc2c(-c3ccc(/C=C(\C#N)C(=O)O)o3)ccc(-c3ccc(-c4ccc(N(c5ccccc5)c5ccccc5)cc4)o3)c2n1. The molecule has 0 fully saturated rings. The molecule has 3 aromatic heterocycles. The number of benzene rings is 4. The van der Waals surface area contributed by atoms with Gasteiger partial charge in [-0.15, -0.1) is 0 Å². The van der Waals surface area contributed by atoms with Gasteiger partial charge in [-0.2, -0.15) is 20.3 Å². The van der Waals surface area contributed by atoms with Gasteiger partial charge in [-0.25, -0.2) is 4.79 Å². The van der Waals surface area contributed by atoms with Gasteiger partial charge in [-0.3, -0.25) is 0 Å². The quantitative estimate of drug-likeness (QED) is 0.0729. The number of nitrogens with zero attached hydrogens (tertiary/aromatic N) is 5. The number of fused-ring (bicyclic) bond motifs is 1. The van der Waals surface area contributed by atoms with Crippen LogP contribution in [0.4, 0.5) is 17.1 Å². The highest BCUT2D eigenvalue weighted by molar-refractivity contribution is 5.99. The van der Waals surface area contributed by atoms with Crippen molar-refractivity contribution in [1.29, 1.82) is 5.26 Å². The van der Waals surface area contributed by atoms with Gasteiger partial charge in [0.2, 0.25) is 0 Å². The fourth-order valence-electron chi connectivity index (χ4n) is 6.09. The van der Waals surface area contributed by atoms with Crippen LogP contribution >= 0.6 is 0 Å². The van der Waals surface area contributed by atoms with Gasteiger partial charge in [-0.1, -0.05) is 62.6 Å². The van der Waals surface area contributed by atoms with Crippen LogP contribution in [-0.4, -0.2) is 26.1 Å². The zero-order valence-electron chi connectivity index (χ0n) is 28.1. The Kier molecular flexibility index (Phi) is 9.57. The summed E-state index contributed by atoms with van der Waals surface area (Å²) in [4.78, 5) is 15.3. The van der Waals surface area contributed by atoms with Crippen LogP contribution in [0.3, 0.4) is 0 Å². The molecule has 4 aromatic carbocycles. The summed E-state index contributed by atoms with van der Waals surface area (Å²) < 4.78 is 12.5. The van der Waals surface area contributed by atoms with Gasteiger partial charge in [0.15, 0.2) is 0 Å². The number of carbonyl (C=O) groups is 1. The van der Waals surface area contributed by atoms with E-state index in [1.54, 1.807) is 23.0 Å². The zero-order valence-corrected chi connectivity index (χ0v) is 28.1. The standard InChI is InChI=1S/C42H35N5O4/c1-2-3-4-11-26-46-44-40-35(38-23-20-34(50-38)27-30(28-43)42(48)49)21-22-36(41(40)45-46)39-25-24-37(51-39)29-16-18-33(19-17-29)47(31-12-7-5-8-13-31)32-14-9-6-10-15-32/h5-10,12-25,27H,2-4,11,26H2,1H3,(H,48,49)/b30-27+. The molecule has 0 atom stereocenters. The normalized spacial score (nSPS) is 11.5. The van der Waals surface area contributed by atoms with Gasteiger partial charge in [0.05, 0.1) is 6.54 Å². The molecule has 0 aliphatic carbocycles. The number of rotatable bonds is 13. The van der Waals surface area contributed by atoms with Crippen molar-refractivity contribution in [2.24, 2.45) is 0 Å². The van der Waals surface area contributed by atoms with E-state index in [1.165, 1.54) is 6.08 Å². The average molecular weight is 674 g/mol. The molecule has 0 radical (unpaired) electrons. The zero-order chi connectivity index (χ0) is 35.2. The monoisotopic (exact) mass is 673 g/mol. The fraction of sp³-hybridized carbons (Fsp3) is 0.143. The molecule has 0 aliphatic heterocycles. The second-order valence-electron chi connectivity index (χ2n) is 12.1. The van der Waals surface area contributed by atoms with Crippen LogP contribution in [0.15, 0.2) is 136 Å². The summed E-state index contributed by atoms with van der Waals surface area (Å²) in [5, 5.41) is 28.2. The number of aromatic nitrogens is 3. The number of para-hydroxylation sites is 2. The molecule has 7 aromatic rings. The molecule has 9 nitrogen and oxygen atoms in total. The molecule has 1 N–H and O–H groups in total. The van der Waals surface area contributed by atoms with Crippen molar-refractivity contribution >= 4 is 40.1 Å². The first kappa shape index (κ1) is 32.9. The highest BCUT2D eigenvalue weighted by atomic mass is 16.4. The number of aryl methyl sites for hydroxylation is 1. The summed E-state index contributed by atoms with van der Waals surface area (Å²) in [5.41, 5.74) is 6.47. The molecule has 51 heavy (non-hydrogen) atoms. The predicted octanol–water partition coefficient (Wildman–Crippen LogP) is 10.7. The molecule has 252 valence electrons. The van der Waals surface area contributed by atoms with Crippen LogP contribution in [0.1, 0.15) is 38.4 Å². The lowest BCUT2D eigenvalue weighted by atomic mass is 10.1. The lowest BCUT2D eigenvalue weighted by Crippen LogP contribution is -2.09. The Labute approximate surface area is 295 Å². The Balaban J connectivity index is 1.22. The lowest BCUT2D eigenvalue weighted by Gasteiger charge is -2.25. The number of anilines is 3. The highest BCUT2D eigenvalue weighted by Crippen LogP contribution is 2.39. The van der Waals surface area contributed by atoms with Crippen LogP contribution in [-0.2, 0) is 11.3 Å².